The third kappa shape index (κ3) is 3.61. The molecule has 0 spiro atoms. The average molecular weight is 424 g/mol. The van der Waals surface area contributed by atoms with E-state index in [9.17, 15) is 0 Å². The SMILES string of the molecule is c1cnc2ccc(CN3NNc4ccc(-c5ccc(N6CCCCC6)nc5)nc43)cc2c1. The van der Waals surface area contributed by atoms with Gasteiger partial charge in [0.1, 0.15) is 5.82 Å². The Balaban J connectivity index is 1.24. The standard InChI is InChI=1S/C25H25N7/c1-2-13-31(14-3-1)24-11-7-20(16-27-24)22-9-10-23-25(28-22)32(30-29-23)17-18-6-8-21-19(15-18)5-4-12-26-21/h4-12,15-16,29-30H,1-3,13-14,17H2. The fourth-order valence-electron chi connectivity index (χ4n) is 4.46. The lowest BCUT2D eigenvalue weighted by Gasteiger charge is -2.27. The number of hydrogen-bond donors (Lipinski definition) is 2. The molecular formula is C25H25N7. The Morgan fingerprint density at radius 1 is 0.906 bits per heavy atom. The first kappa shape index (κ1) is 19.0. The topological polar surface area (TPSA) is 69.2 Å². The molecule has 0 aliphatic carbocycles. The second kappa shape index (κ2) is 8.09. The molecule has 1 fully saturated rings. The first-order valence-corrected chi connectivity index (χ1v) is 11.2. The lowest BCUT2D eigenvalue weighted by Crippen LogP contribution is -2.35. The van der Waals surface area contributed by atoms with Gasteiger partial charge in [-0.25, -0.2) is 9.97 Å². The maximum absolute atomic E-state index is 4.94. The van der Waals surface area contributed by atoms with Gasteiger partial charge in [-0.2, -0.15) is 0 Å². The molecular weight excluding hydrogens is 398 g/mol. The van der Waals surface area contributed by atoms with E-state index in [4.69, 9.17) is 9.97 Å². The summed E-state index contributed by atoms with van der Waals surface area (Å²) in [7, 11) is 0. The summed E-state index contributed by atoms with van der Waals surface area (Å²) < 4.78 is 0. The van der Waals surface area contributed by atoms with Gasteiger partial charge in [-0.05, 0) is 67.3 Å². The molecule has 0 bridgehead atoms. The lowest BCUT2D eigenvalue weighted by molar-refractivity contribution is 0.573. The van der Waals surface area contributed by atoms with E-state index in [1.807, 2.05) is 29.5 Å². The predicted octanol–water partition coefficient (Wildman–Crippen LogP) is 4.53. The zero-order chi connectivity index (χ0) is 21.3. The van der Waals surface area contributed by atoms with Crippen molar-refractivity contribution in [2.45, 2.75) is 25.8 Å². The van der Waals surface area contributed by atoms with Gasteiger partial charge < -0.3 is 10.3 Å². The first-order valence-electron chi connectivity index (χ1n) is 11.2. The molecule has 5 heterocycles. The highest BCUT2D eigenvalue weighted by atomic mass is 15.7. The summed E-state index contributed by atoms with van der Waals surface area (Å²) in [6.45, 7) is 2.88. The van der Waals surface area contributed by atoms with Crippen LogP contribution >= 0.6 is 0 Å². The highest BCUT2D eigenvalue weighted by molar-refractivity contribution is 5.79. The van der Waals surface area contributed by atoms with Crippen molar-refractivity contribution < 1.29 is 0 Å². The first-order chi connectivity index (χ1) is 15.8. The number of piperidine rings is 1. The molecule has 1 saturated heterocycles. The van der Waals surface area contributed by atoms with E-state index in [-0.39, 0.29) is 0 Å². The Kier molecular flexibility index (Phi) is 4.81. The normalized spacial score (nSPS) is 15.6. The molecule has 4 aromatic rings. The fourth-order valence-corrected chi connectivity index (χ4v) is 4.46. The van der Waals surface area contributed by atoms with E-state index in [2.05, 4.69) is 63.3 Å². The number of nitrogens with one attached hydrogen (secondary N) is 2. The second-order valence-corrected chi connectivity index (χ2v) is 8.37. The van der Waals surface area contributed by atoms with Crippen LogP contribution in [0.1, 0.15) is 24.8 Å². The van der Waals surface area contributed by atoms with Crippen LogP contribution < -0.4 is 20.9 Å². The fraction of sp³-hybridized carbons (Fsp3) is 0.240. The molecule has 3 aromatic heterocycles. The molecule has 7 nitrogen and oxygen atoms in total. The number of rotatable bonds is 4. The van der Waals surface area contributed by atoms with E-state index in [1.54, 1.807) is 0 Å². The third-order valence-electron chi connectivity index (χ3n) is 6.19. The zero-order valence-electron chi connectivity index (χ0n) is 17.8. The Bertz CT molecular complexity index is 1250. The number of fused-ring (bicyclic) bond motifs is 2. The molecule has 2 N–H and O–H groups in total. The molecule has 7 heteroatoms. The summed E-state index contributed by atoms with van der Waals surface area (Å²) in [5, 5.41) is 3.17. The van der Waals surface area contributed by atoms with Gasteiger partial charge in [0.05, 0.1) is 23.4 Å². The van der Waals surface area contributed by atoms with Gasteiger partial charge in [0.25, 0.3) is 0 Å². The Morgan fingerprint density at radius 2 is 1.84 bits per heavy atom. The predicted molar refractivity (Wildman–Crippen MR) is 128 cm³/mol. The van der Waals surface area contributed by atoms with Crippen LogP contribution in [-0.2, 0) is 6.54 Å². The molecule has 6 rings (SSSR count). The van der Waals surface area contributed by atoms with Crippen molar-refractivity contribution >= 4 is 28.2 Å². The Hall–Kier alpha value is -3.71. The number of pyridine rings is 3. The van der Waals surface area contributed by atoms with Crippen LogP contribution in [0.25, 0.3) is 22.2 Å². The number of hydrogen-bond acceptors (Lipinski definition) is 7. The Labute approximate surface area is 187 Å². The van der Waals surface area contributed by atoms with Crippen LogP contribution in [0.5, 0.6) is 0 Å². The monoisotopic (exact) mass is 423 g/mol. The second-order valence-electron chi connectivity index (χ2n) is 8.37. The highest BCUT2D eigenvalue weighted by Crippen LogP contribution is 2.32. The molecule has 160 valence electrons. The van der Waals surface area contributed by atoms with Crippen LogP contribution in [0.4, 0.5) is 17.3 Å². The van der Waals surface area contributed by atoms with E-state index >= 15 is 0 Å². The molecule has 0 radical (unpaired) electrons. The van der Waals surface area contributed by atoms with Crippen molar-refractivity contribution in [2.75, 3.05) is 28.4 Å². The van der Waals surface area contributed by atoms with Gasteiger partial charge in [0.15, 0.2) is 5.82 Å². The summed E-state index contributed by atoms with van der Waals surface area (Å²) >= 11 is 0. The number of hydrazine groups is 2. The van der Waals surface area contributed by atoms with E-state index in [0.717, 1.165) is 52.6 Å². The van der Waals surface area contributed by atoms with E-state index in [1.165, 1.54) is 24.8 Å². The van der Waals surface area contributed by atoms with Crippen molar-refractivity contribution in [3.63, 3.8) is 0 Å². The smallest absolute Gasteiger partial charge is 0.170 e. The summed E-state index contributed by atoms with van der Waals surface area (Å²) in [5.41, 5.74) is 11.5. The van der Waals surface area contributed by atoms with Crippen LogP contribution in [-0.4, -0.2) is 28.0 Å². The van der Waals surface area contributed by atoms with Gasteiger partial charge >= 0.3 is 0 Å². The maximum Gasteiger partial charge on any atom is 0.170 e. The van der Waals surface area contributed by atoms with Gasteiger partial charge in [0, 0.05) is 36.4 Å². The molecule has 2 aliphatic rings. The van der Waals surface area contributed by atoms with Crippen LogP contribution in [0.15, 0.2) is 67.0 Å². The molecule has 32 heavy (non-hydrogen) atoms. The van der Waals surface area contributed by atoms with Crippen molar-refractivity contribution in [1.29, 1.82) is 0 Å². The lowest BCUT2D eigenvalue weighted by atomic mass is 10.1. The van der Waals surface area contributed by atoms with Gasteiger partial charge in [-0.1, -0.05) is 12.1 Å². The maximum atomic E-state index is 4.94. The van der Waals surface area contributed by atoms with Gasteiger partial charge in [-0.15, -0.1) is 5.53 Å². The van der Waals surface area contributed by atoms with Crippen LogP contribution in [0.2, 0.25) is 0 Å². The van der Waals surface area contributed by atoms with Crippen LogP contribution in [0.3, 0.4) is 0 Å². The zero-order valence-corrected chi connectivity index (χ0v) is 17.8. The molecule has 0 saturated carbocycles. The minimum Gasteiger partial charge on any atom is -0.357 e. The van der Waals surface area contributed by atoms with Crippen molar-refractivity contribution in [3.05, 3.63) is 72.6 Å². The minimum absolute atomic E-state index is 0.688. The number of benzene rings is 1. The van der Waals surface area contributed by atoms with Gasteiger partial charge in [0.2, 0.25) is 0 Å². The quantitative estimate of drug-likeness (QED) is 0.500. The third-order valence-corrected chi connectivity index (χ3v) is 6.19. The van der Waals surface area contributed by atoms with E-state index in [0.29, 0.717) is 6.54 Å². The molecule has 0 amide bonds. The van der Waals surface area contributed by atoms with Crippen LogP contribution in [0, 0.1) is 0 Å². The minimum atomic E-state index is 0.688. The largest absolute Gasteiger partial charge is 0.357 e. The van der Waals surface area contributed by atoms with Crippen molar-refractivity contribution in [2.24, 2.45) is 0 Å². The Morgan fingerprint density at radius 3 is 2.72 bits per heavy atom. The summed E-state index contributed by atoms with van der Waals surface area (Å²) in [6, 6.07) is 18.8. The number of nitrogens with zero attached hydrogens (tertiary/aromatic N) is 5. The van der Waals surface area contributed by atoms with E-state index < -0.39 is 0 Å². The average Bonchev–Trinajstić information content (AvgIpc) is 3.26. The molecule has 0 unspecified atom stereocenters. The summed E-state index contributed by atoms with van der Waals surface area (Å²) in [5.74, 6) is 1.94. The molecule has 2 aliphatic heterocycles. The number of anilines is 3. The van der Waals surface area contributed by atoms with Crippen molar-refractivity contribution in [3.8, 4) is 11.3 Å². The summed E-state index contributed by atoms with van der Waals surface area (Å²) in [4.78, 5) is 16.4. The van der Waals surface area contributed by atoms with Gasteiger partial charge in [-0.3, -0.25) is 9.99 Å². The van der Waals surface area contributed by atoms with Crippen molar-refractivity contribution in [1.82, 2.24) is 20.5 Å². The molecule has 1 aromatic carbocycles. The molecule has 0 atom stereocenters. The highest BCUT2D eigenvalue weighted by Gasteiger charge is 2.21. The summed E-state index contributed by atoms with van der Waals surface area (Å²) in [6.07, 6.45) is 7.58. The number of aromatic nitrogens is 3.